The molecule has 1 aliphatic rings. The molecule has 27 heavy (non-hydrogen) atoms. The van der Waals surface area contributed by atoms with Crippen molar-refractivity contribution in [2.75, 3.05) is 38.2 Å². The Kier molecular flexibility index (Phi) is 4.23. The van der Waals surface area contributed by atoms with Crippen LogP contribution in [0.15, 0.2) is 40.8 Å². The van der Waals surface area contributed by atoms with Crippen molar-refractivity contribution in [2.24, 2.45) is 0 Å². The van der Waals surface area contributed by atoms with Crippen molar-refractivity contribution in [2.45, 2.75) is 0 Å². The summed E-state index contributed by atoms with van der Waals surface area (Å²) in [7, 11) is 1.60. The highest BCUT2D eigenvalue weighted by Gasteiger charge is 2.26. The van der Waals surface area contributed by atoms with Gasteiger partial charge in [0.2, 0.25) is 0 Å². The van der Waals surface area contributed by atoms with Crippen LogP contribution in [0.2, 0.25) is 0 Å². The minimum Gasteiger partial charge on any atom is -0.508 e. The van der Waals surface area contributed by atoms with E-state index in [1.54, 1.807) is 12.0 Å². The number of oxazole rings is 1. The van der Waals surface area contributed by atoms with E-state index >= 15 is 0 Å². The van der Waals surface area contributed by atoms with E-state index in [4.69, 9.17) is 9.15 Å². The van der Waals surface area contributed by atoms with Gasteiger partial charge in [0.15, 0.2) is 5.58 Å². The van der Waals surface area contributed by atoms with Crippen LogP contribution in [-0.4, -0.2) is 59.3 Å². The summed E-state index contributed by atoms with van der Waals surface area (Å²) < 4.78 is 11.0. The van der Waals surface area contributed by atoms with Crippen molar-refractivity contribution >= 4 is 23.0 Å². The molecule has 8 nitrogen and oxygen atoms in total. The summed E-state index contributed by atoms with van der Waals surface area (Å²) in [6, 6.07) is 9.93. The summed E-state index contributed by atoms with van der Waals surface area (Å²) in [5, 5.41) is 19.3. The van der Waals surface area contributed by atoms with Gasteiger partial charge in [-0.15, -0.1) is 0 Å². The number of aromatic hydroxyl groups is 2. The lowest BCUT2D eigenvalue weighted by Crippen LogP contribution is -2.48. The number of ether oxygens (including phenoxy) is 1. The molecular weight excluding hydrogens is 350 g/mol. The molecule has 1 amide bonds. The molecule has 1 aromatic heterocycles. The largest absolute Gasteiger partial charge is 0.508 e. The Morgan fingerprint density at radius 1 is 1.11 bits per heavy atom. The second-order valence-electron chi connectivity index (χ2n) is 6.31. The summed E-state index contributed by atoms with van der Waals surface area (Å²) in [6.07, 6.45) is 0. The highest BCUT2D eigenvalue weighted by atomic mass is 16.5. The Morgan fingerprint density at radius 3 is 2.59 bits per heavy atom. The summed E-state index contributed by atoms with van der Waals surface area (Å²) in [5.41, 5.74) is 1.57. The second kappa shape index (κ2) is 6.71. The van der Waals surface area contributed by atoms with E-state index in [0.29, 0.717) is 43.5 Å². The third kappa shape index (κ3) is 3.21. The molecule has 0 spiro atoms. The van der Waals surface area contributed by atoms with Gasteiger partial charge in [0.25, 0.3) is 11.9 Å². The van der Waals surface area contributed by atoms with Crippen molar-refractivity contribution in [1.82, 2.24) is 9.88 Å². The van der Waals surface area contributed by atoms with Crippen LogP contribution in [0.4, 0.5) is 6.01 Å². The standard InChI is InChI=1S/C19H19N3O5/c1-26-13-3-5-17-15(11-13)20-19(27-17)22-8-6-21(7-9-22)18(25)14-4-2-12(23)10-16(14)24/h2-5,10-11,23-24H,6-9H2,1H3. The number of nitrogens with zero attached hydrogens (tertiary/aromatic N) is 3. The number of phenolic OH excluding ortho intramolecular Hbond substituents is 2. The Hall–Kier alpha value is -3.42. The Balaban J connectivity index is 1.46. The average Bonchev–Trinajstić information content (AvgIpc) is 3.11. The van der Waals surface area contributed by atoms with Crippen LogP contribution in [0.1, 0.15) is 10.4 Å². The molecule has 0 atom stereocenters. The molecule has 2 heterocycles. The van der Waals surface area contributed by atoms with Crippen molar-refractivity contribution < 1.29 is 24.2 Å². The molecule has 1 aliphatic heterocycles. The first-order valence-corrected chi connectivity index (χ1v) is 8.56. The van der Waals surface area contributed by atoms with E-state index < -0.39 is 0 Å². The van der Waals surface area contributed by atoms with Gasteiger partial charge in [-0.25, -0.2) is 0 Å². The molecule has 3 aromatic rings. The Labute approximate surface area is 155 Å². The number of carbonyl (C=O) groups excluding carboxylic acids is 1. The Bertz CT molecular complexity index is 992. The van der Waals surface area contributed by atoms with E-state index in [1.165, 1.54) is 12.1 Å². The lowest BCUT2D eigenvalue weighted by atomic mass is 10.1. The van der Waals surface area contributed by atoms with E-state index in [2.05, 4.69) is 4.98 Å². The van der Waals surface area contributed by atoms with Gasteiger partial charge in [0.05, 0.1) is 12.7 Å². The zero-order valence-corrected chi connectivity index (χ0v) is 14.8. The molecule has 8 heteroatoms. The van der Waals surface area contributed by atoms with Crippen LogP contribution < -0.4 is 9.64 Å². The van der Waals surface area contributed by atoms with Crippen LogP contribution in [0.5, 0.6) is 17.2 Å². The maximum absolute atomic E-state index is 12.6. The van der Waals surface area contributed by atoms with Crippen molar-refractivity contribution in [3.05, 3.63) is 42.0 Å². The quantitative estimate of drug-likeness (QED) is 0.730. The van der Waals surface area contributed by atoms with Crippen LogP contribution in [0.3, 0.4) is 0 Å². The number of hydrogen-bond acceptors (Lipinski definition) is 7. The number of anilines is 1. The zero-order chi connectivity index (χ0) is 19.0. The van der Waals surface area contributed by atoms with Gasteiger partial charge in [0, 0.05) is 38.3 Å². The highest BCUT2D eigenvalue weighted by Crippen LogP contribution is 2.27. The molecule has 0 radical (unpaired) electrons. The number of aromatic nitrogens is 1. The summed E-state index contributed by atoms with van der Waals surface area (Å²) in [4.78, 5) is 20.7. The van der Waals surface area contributed by atoms with Gasteiger partial charge in [-0.3, -0.25) is 4.79 Å². The first kappa shape index (κ1) is 17.0. The third-order valence-corrected chi connectivity index (χ3v) is 4.63. The molecule has 0 saturated carbocycles. The predicted octanol–water partition coefficient (Wildman–Crippen LogP) is 2.21. The SMILES string of the molecule is COc1ccc2oc(N3CCN(C(=O)c4ccc(O)cc4O)CC3)nc2c1. The fourth-order valence-electron chi connectivity index (χ4n) is 3.13. The minimum absolute atomic E-state index is 0.0820. The van der Waals surface area contributed by atoms with Crippen molar-refractivity contribution in [3.8, 4) is 17.2 Å². The highest BCUT2D eigenvalue weighted by molar-refractivity contribution is 5.97. The average molecular weight is 369 g/mol. The summed E-state index contributed by atoms with van der Waals surface area (Å²) in [6.45, 7) is 2.07. The number of hydrogen-bond donors (Lipinski definition) is 2. The van der Waals surface area contributed by atoms with Gasteiger partial charge >= 0.3 is 0 Å². The van der Waals surface area contributed by atoms with E-state index in [1.807, 2.05) is 23.1 Å². The van der Waals surface area contributed by atoms with Gasteiger partial charge in [-0.1, -0.05) is 0 Å². The second-order valence-corrected chi connectivity index (χ2v) is 6.31. The monoisotopic (exact) mass is 369 g/mol. The predicted molar refractivity (Wildman–Crippen MR) is 98.4 cm³/mol. The topological polar surface area (TPSA) is 99.3 Å². The number of methoxy groups -OCH3 is 1. The first-order chi connectivity index (χ1) is 13.0. The van der Waals surface area contributed by atoms with Crippen LogP contribution >= 0.6 is 0 Å². The normalized spacial score (nSPS) is 14.6. The number of piperazine rings is 1. The number of fused-ring (bicyclic) bond motifs is 1. The molecule has 0 aliphatic carbocycles. The van der Waals surface area contributed by atoms with Crippen LogP contribution in [0, 0.1) is 0 Å². The van der Waals surface area contributed by atoms with Crippen molar-refractivity contribution in [1.29, 1.82) is 0 Å². The molecule has 2 N–H and O–H groups in total. The number of carbonyl (C=O) groups is 1. The van der Waals surface area contributed by atoms with Crippen LogP contribution in [0.25, 0.3) is 11.1 Å². The number of phenols is 2. The molecule has 140 valence electrons. The number of benzene rings is 2. The van der Waals surface area contributed by atoms with Gasteiger partial charge < -0.3 is 29.2 Å². The fourth-order valence-corrected chi connectivity index (χ4v) is 3.13. The smallest absolute Gasteiger partial charge is 0.298 e. The molecule has 0 bridgehead atoms. The first-order valence-electron chi connectivity index (χ1n) is 8.56. The summed E-state index contributed by atoms with van der Waals surface area (Å²) >= 11 is 0. The van der Waals surface area contributed by atoms with Crippen molar-refractivity contribution in [3.63, 3.8) is 0 Å². The summed E-state index contributed by atoms with van der Waals surface area (Å²) in [5.74, 6) is 0.137. The fraction of sp³-hybridized carbons (Fsp3) is 0.263. The lowest BCUT2D eigenvalue weighted by Gasteiger charge is -2.33. The molecule has 1 saturated heterocycles. The molecule has 0 unspecified atom stereocenters. The number of amides is 1. The maximum atomic E-state index is 12.6. The van der Waals surface area contributed by atoms with Gasteiger partial charge in [-0.05, 0) is 24.3 Å². The molecule has 2 aromatic carbocycles. The van der Waals surface area contributed by atoms with Crippen LogP contribution in [-0.2, 0) is 0 Å². The Morgan fingerprint density at radius 2 is 1.89 bits per heavy atom. The molecular formula is C19H19N3O5. The third-order valence-electron chi connectivity index (χ3n) is 4.63. The van der Waals surface area contributed by atoms with E-state index in [9.17, 15) is 15.0 Å². The minimum atomic E-state index is -0.269. The van der Waals surface area contributed by atoms with Gasteiger partial charge in [-0.2, -0.15) is 4.98 Å². The molecule has 4 rings (SSSR count). The van der Waals surface area contributed by atoms with E-state index in [0.717, 1.165) is 11.6 Å². The number of rotatable bonds is 3. The molecule has 1 fully saturated rings. The maximum Gasteiger partial charge on any atom is 0.298 e. The van der Waals surface area contributed by atoms with E-state index in [-0.39, 0.29) is 23.0 Å². The lowest BCUT2D eigenvalue weighted by molar-refractivity contribution is 0.0742. The zero-order valence-electron chi connectivity index (χ0n) is 14.8. The van der Waals surface area contributed by atoms with Gasteiger partial charge in [0.1, 0.15) is 22.8 Å².